The normalized spacial score (nSPS) is 28.6. The van der Waals surface area contributed by atoms with Crippen molar-refractivity contribution in [3.05, 3.63) is 58.9 Å². The Morgan fingerprint density at radius 3 is 2.80 bits per heavy atom. The summed E-state index contributed by atoms with van der Waals surface area (Å²) in [7, 11) is 0. The predicted molar refractivity (Wildman–Crippen MR) is 117 cm³/mol. The van der Waals surface area contributed by atoms with Gasteiger partial charge in [0, 0.05) is 30.7 Å². The van der Waals surface area contributed by atoms with E-state index >= 15 is 0 Å². The van der Waals surface area contributed by atoms with Gasteiger partial charge in [0.2, 0.25) is 0 Å². The van der Waals surface area contributed by atoms with Gasteiger partial charge in [-0.1, -0.05) is 30.3 Å². The van der Waals surface area contributed by atoms with Crippen LogP contribution in [0.2, 0.25) is 0 Å². The third-order valence-corrected chi connectivity index (χ3v) is 7.55. The molecule has 5 heteroatoms. The second-order valence-electron chi connectivity index (χ2n) is 9.94. The molecule has 2 fully saturated rings. The Morgan fingerprint density at radius 2 is 2.03 bits per heavy atom. The maximum Gasteiger partial charge on any atom is 0.270 e. The molecule has 3 aliphatic rings. The van der Waals surface area contributed by atoms with Crippen molar-refractivity contribution >= 4 is 5.91 Å². The first-order chi connectivity index (χ1) is 14.4. The van der Waals surface area contributed by atoms with Crippen LogP contribution in [0.5, 0.6) is 0 Å². The first-order valence-electron chi connectivity index (χ1n) is 11.3. The number of ether oxygens (including phenoxy) is 1. The van der Waals surface area contributed by atoms with Crippen molar-refractivity contribution in [3.8, 4) is 0 Å². The largest absolute Gasteiger partial charge is 0.370 e. The number of rotatable bonds is 6. The predicted octanol–water partition coefficient (Wildman–Crippen LogP) is 4.18. The van der Waals surface area contributed by atoms with E-state index in [9.17, 15) is 4.79 Å². The molecule has 0 unspecified atom stereocenters. The summed E-state index contributed by atoms with van der Waals surface area (Å²) >= 11 is 0. The zero-order valence-electron chi connectivity index (χ0n) is 18.4. The fourth-order valence-electron chi connectivity index (χ4n) is 5.94. The molecule has 5 rings (SSSR count). The number of nitrogens with one attached hydrogen (secondary N) is 2. The third-order valence-electron chi connectivity index (χ3n) is 7.55. The quantitative estimate of drug-likeness (QED) is 0.755. The molecule has 2 heterocycles. The molecule has 2 aromatic rings. The van der Waals surface area contributed by atoms with Crippen LogP contribution in [-0.2, 0) is 24.3 Å². The van der Waals surface area contributed by atoms with E-state index in [2.05, 4.69) is 66.3 Å². The van der Waals surface area contributed by atoms with Crippen molar-refractivity contribution in [3.63, 3.8) is 0 Å². The van der Waals surface area contributed by atoms with Gasteiger partial charge in [0.1, 0.15) is 5.69 Å². The number of nitrogens with zero attached hydrogens (tertiary/aromatic N) is 1. The minimum absolute atomic E-state index is 0.0466. The maximum absolute atomic E-state index is 13.6. The van der Waals surface area contributed by atoms with Gasteiger partial charge in [-0.25, -0.2) is 0 Å². The Morgan fingerprint density at radius 1 is 1.23 bits per heavy atom. The monoisotopic (exact) mass is 407 g/mol. The van der Waals surface area contributed by atoms with Gasteiger partial charge in [-0.2, -0.15) is 0 Å². The molecule has 0 saturated heterocycles. The van der Waals surface area contributed by atoms with Gasteiger partial charge in [-0.3, -0.25) is 4.79 Å². The third kappa shape index (κ3) is 3.10. The Balaban J connectivity index is 1.35. The molecule has 5 nitrogen and oxygen atoms in total. The number of fused-ring (bicyclic) bond motifs is 2. The van der Waals surface area contributed by atoms with Crippen LogP contribution >= 0.6 is 0 Å². The summed E-state index contributed by atoms with van der Waals surface area (Å²) in [6.07, 6.45) is 5.28. The Bertz CT molecular complexity index is 951. The van der Waals surface area contributed by atoms with Crippen LogP contribution in [0.25, 0.3) is 0 Å². The van der Waals surface area contributed by atoms with Crippen molar-refractivity contribution < 1.29 is 9.53 Å². The van der Waals surface area contributed by atoms with E-state index in [1.165, 1.54) is 12.0 Å². The summed E-state index contributed by atoms with van der Waals surface area (Å²) in [4.78, 5) is 19.2. The minimum Gasteiger partial charge on any atom is -0.370 e. The van der Waals surface area contributed by atoms with Gasteiger partial charge in [-0.15, -0.1) is 0 Å². The van der Waals surface area contributed by atoms with Crippen molar-refractivity contribution in [1.29, 1.82) is 0 Å². The summed E-state index contributed by atoms with van der Waals surface area (Å²) in [5.74, 6) is 0.134. The first-order valence-corrected chi connectivity index (χ1v) is 11.3. The van der Waals surface area contributed by atoms with Crippen LogP contribution in [0, 0.1) is 0 Å². The molecule has 1 aliphatic heterocycles. The highest BCUT2D eigenvalue weighted by molar-refractivity contribution is 5.94. The Kier molecular flexibility index (Phi) is 4.60. The zero-order valence-corrected chi connectivity index (χ0v) is 18.4. The molecular weight excluding hydrogens is 374 g/mol. The van der Waals surface area contributed by atoms with Crippen molar-refractivity contribution in [2.24, 2.45) is 0 Å². The molecule has 1 aromatic heterocycles. The highest BCUT2D eigenvalue weighted by Crippen LogP contribution is 2.63. The number of benzene rings is 1. The van der Waals surface area contributed by atoms with Crippen LogP contribution in [-0.4, -0.2) is 39.0 Å². The number of hydrogen-bond donors (Lipinski definition) is 2. The van der Waals surface area contributed by atoms with E-state index in [4.69, 9.17) is 4.74 Å². The van der Waals surface area contributed by atoms with E-state index < -0.39 is 0 Å². The smallest absolute Gasteiger partial charge is 0.270 e. The summed E-state index contributed by atoms with van der Waals surface area (Å²) < 4.78 is 5.93. The molecule has 30 heavy (non-hydrogen) atoms. The SMILES string of the molecule is CCN(C(=O)c1cc2c([nH]1)CC(C)(C)OC2)[C@]12CCC[C@]1(NCc1ccccc1)C2. The van der Waals surface area contributed by atoms with Crippen molar-refractivity contribution in [2.45, 2.75) is 82.7 Å². The topological polar surface area (TPSA) is 57.4 Å². The van der Waals surface area contributed by atoms with Crippen LogP contribution in [0.1, 0.15) is 73.8 Å². The molecule has 0 spiro atoms. The lowest BCUT2D eigenvalue weighted by Crippen LogP contribution is -2.49. The number of aromatic nitrogens is 1. The van der Waals surface area contributed by atoms with Crippen LogP contribution in [0.15, 0.2) is 36.4 Å². The lowest BCUT2D eigenvalue weighted by molar-refractivity contribution is -0.0406. The number of aromatic amines is 1. The summed E-state index contributed by atoms with van der Waals surface area (Å²) in [6, 6.07) is 12.6. The molecule has 2 N–H and O–H groups in total. The molecule has 160 valence electrons. The molecular formula is C25H33N3O2. The Hall–Kier alpha value is -2.11. The molecule has 0 radical (unpaired) electrons. The zero-order chi connectivity index (χ0) is 21.0. The van der Waals surface area contributed by atoms with Gasteiger partial charge in [0.15, 0.2) is 0 Å². The van der Waals surface area contributed by atoms with Crippen molar-refractivity contribution in [1.82, 2.24) is 15.2 Å². The van der Waals surface area contributed by atoms with Gasteiger partial charge in [0.05, 0.1) is 17.7 Å². The van der Waals surface area contributed by atoms with Gasteiger partial charge < -0.3 is 19.9 Å². The van der Waals surface area contributed by atoms with Gasteiger partial charge >= 0.3 is 0 Å². The van der Waals surface area contributed by atoms with Crippen molar-refractivity contribution in [2.75, 3.05) is 6.54 Å². The molecule has 2 atom stereocenters. The lowest BCUT2D eigenvalue weighted by Gasteiger charge is -2.32. The number of likely N-dealkylation sites (N-methyl/N-ethyl adjacent to an activating group) is 1. The highest BCUT2D eigenvalue weighted by atomic mass is 16.5. The molecule has 2 saturated carbocycles. The molecule has 2 aliphatic carbocycles. The molecule has 1 amide bonds. The van der Waals surface area contributed by atoms with Gasteiger partial charge in [-0.05, 0) is 63.6 Å². The van der Waals surface area contributed by atoms with Gasteiger partial charge in [0.25, 0.3) is 5.91 Å². The molecule has 1 aromatic carbocycles. The number of H-pyrrole nitrogens is 1. The number of carbonyl (C=O) groups excluding carboxylic acids is 1. The van der Waals surface area contributed by atoms with E-state index in [-0.39, 0.29) is 22.6 Å². The average Bonchev–Trinajstić information content (AvgIpc) is 3.01. The second-order valence-corrected chi connectivity index (χ2v) is 9.94. The average molecular weight is 408 g/mol. The highest BCUT2D eigenvalue weighted by Gasteiger charge is 2.73. The van der Waals surface area contributed by atoms with Crippen LogP contribution in [0.4, 0.5) is 0 Å². The van der Waals surface area contributed by atoms with E-state index in [0.29, 0.717) is 12.3 Å². The number of carbonyl (C=O) groups is 1. The lowest BCUT2D eigenvalue weighted by atomic mass is 9.97. The first kappa shape index (κ1) is 19.8. The summed E-state index contributed by atoms with van der Waals surface area (Å²) in [5, 5.41) is 3.85. The van der Waals surface area contributed by atoms with E-state index in [1.54, 1.807) is 0 Å². The summed E-state index contributed by atoms with van der Waals surface area (Å²) in [5.41, 5.74) is 4.13. The fourth-order valence-corrected chi connectivity index (χ4v) is 5.94. The maximum atomic E-state index is 13.6. The fraction of sp³-hybridized carbons (Fsp3) is 0.560. The Labute approximate surface area is 179 Å². The van der Waals surface area contributed by atoms with Crippen LogP contribution in [0.3, 0.4) is 0 Å². The van der Waals surface area contributed by atoms with E-state index in [1.807, 2.05) is 6.07 Å². The standard InChI is InChI=1S/C25H33N3O2/c1-4-28(22(29)20-13-19-16-30-23(2,3)14-21(19)27-20)25-12-8-11-24(25,17-25)26-15-18-9-6-5-7-10-18/h5-7,9-10,13,26-27H,4,8,11-12,14-17H2,1-3H3/t24-,25-/m0/s1. The number of hydrogen-bond acceptors (Lipinski definition) is 3. The number of amides is 1. The minimum atomic E-state index is -0.181. The van der Waals surface area contributed by atoms with Crippen LogP contribution < -0.4 is 5.32 Å². The van der Waals surface area contributed by atoms with E-state index in [0.717, 1.165) is 50.0 Å². The summed E-state index contributed by atoms with van der Waals surface area (Å²) in [6.45, 7) is 8.49. The molecule has 0 bridgehead atoms. The second kappa shape index (κ2) is 6.96.